The average Bonchev–Trinajstić information content (AvgIpc) is 2.40. The van der Waals surface area contributed by atoms with Crippen molar-refractivity contribution >= 4 is 12.0 Å². The highest BCUT2D eigenvalue weighted by molar-refractivity contribution is 5.93. The van der Waals surface area contributed by atoms with Crippen molar-refractivity contribution in [3.05, 3.63) is 35.6 Å². The fourth-order valence-corrected chi connectivity index (χ4v) is 1.56. The molecule has 1 unspecified atom stereocenters. The Labute approximate surface area is 111 Å². The molecule has 0 aliphatic heterocycles. The molecule has 1 rings (SSSR count). The summed E-state index contributed by atoms with van der Waals surface area (Å²) in [4.78, 5) is 23.5. The normalized spacial score (nSPS) is 13.5. The molecule has 5 nitrogen and oxygen atoms in total. The third kappa shape index (κ3) is 4.67. The number of carbonyl (C=O) groups is 2. The average molecular weight is 269 g/mol. The van der Waals surface area contributed by atoms with Gasteiger partial charge in [0.15, 0.2) is 6.04 Å². The molecule has 104 valence electrons. The Morgan fingerprint density at radius 2 is 1.95 bits per heavy atom. The summed E-state index contributed by atoms with van der Waals surface area (Å²) in [7, 11) is 3.02. The predicted octanol–water partition coefficient (Wildman–Crippen LogP) is 0.112. The Kier molecular flexibility index (Phi) is 5.44. The topological polar surface area (TPSA) is 59.8 Å². The number of ether oxygens (including phenoxy) is 1. The van der Waals surface area contributed by atoms with Gasteiger partial charge in [0, 0.05) is 5.56 Å². The van der Waals surface area contributed by atoms with Crippen LogP contribution in [-0.4, -0.2) is 32.2 Å². The van der Waals surface area contributed by atoms with E-state index in [0.29, 0.717) is 6.54 Å². The van der Waals surface area contributed by atoms with E-state index in [2.05, 4.69) is 10.1 Å². The maximum absolute atomic E-state index is 12.8. The first-order valence-electron chi connectivity index (χ1n) is 5.89. The molecular formula is C13H18FN2O3+. The summed E-state index contributed by atoms with van der Waals surface area (Å²) in [6.07, 6.45) is -0.772. The van der Waals surface area contributed by atoms with E-state index in [4.69, 9.17) is 0 Å². The summed E-state index contributed by atoms with van der Waals surface area (Å²) in [5, 5.41) is 2.12. The quantitative estimate of drug-likeness (QED) is 0.815. The van der Waals surface area contributed by atoms with E-state index in [1.807, 2.05) is 7.05 Å². The Morgan fingerprint density at radius 1 is 1.37 bits per heavy atom. The molecule has 0 saturated carbocycles. The number of hydrogen-bond acceptors (Lipinski definition) is 3. The SMILES string of the molecule is COC(=O)NC(=O)[C@H](C)[NH+](C)Cc1ccc(F)cc1. The number of alkyl carbamates (subject to hydrolysis) is 1. The summed E-state index contributed by atoms with van der Waals surface area (Å²) in [5.41, 5.74) is 0.914. The van der Waals surface area contributed by atoms with Crippen molar-refractivity contribution in [1.82, 2.24) is 5.32 Å². The molecule has 0 aliphatic rings. The van der Waals surface area contributed by atoms with Crippen LogP contribution in [0.4, 0.5) is 9.18 Å². The minimum absolute atomic E-state index is 0.294. The molecule has 0 fully saturated rings. The van der Waals surface area contributed by atoms with Crippen LogP contribution in [0, 0.1) is 5.82 Å². The fourth-order valence-electron chi connectivity index (χ4n) is 1.56. The largest absolute Gasteiger partial charge is 0.453 e. The first kappa shape index (κ1) is 15.1. The van der Waals surface area contributed by atoms with E-state index < -0.39 is 18.0 Å². The van der Waals surface area contributed by atoms with Gasteiger partial charge in [-0.25, -0.2) is 9.18 Å². The van der Waals surface area contributed by atoms with Crippen LogP contribution in [0.5, 0.6) is 0 Å². The van der Waals surface area contributed by atoms with Crippen molar-refractivity contribution in [2.75, 3.05) is 14.2 Å². The van der Waals surface area contributed by atoms with Crippen LogP contribution >= 0.6 is 0 Å². The number of quaternary nitrogens is 1. The minimum atomic E-state index is -0.772. The molecule has 2 N–H and O–H groups in total. The Hall–Kier alpha value is -1.95. The number of amides is 2. The van der Waals surface area contributed by atoms with E-state index in [-0.39, 0.29) is 5.82 Å². The van der Waals surface area contributed by atoms with Crippen LogP contribution in [0.2, 0.25) is 0 Å². The monoisotopic (exact) mass is 269 g/mol. The van der Waals surface area contributed by atoms with Gasteiger partial charge in [0.05, 0.1) is 14.2 Å². The molecule has 0 bridgehead atoms. The molecule has 0 saturated heterocycles. The first-order valence-corrected chi connectivity index (χ1v) is 5.89. The highest BCUT2D eigenvalue weighted by Crippen LogP contribution is 2.00. The first-order chi connectivity index (χ1) is 8.93. The molecule has 0 spiro atoms. The van der Waals surface area contributed by atoms with Gasteiger partial charge in [0.1, 0.15) is 12.4 Å². The third-order valence-electron chi connectivity index (χ3n) is 2.94. The molecule has 0 aromatic heterocycles. The van der Waals surface area contributed by atoms with Gasteiger partial charge >= 0.3 is 6.09 Å². The number of rotatable bonds is 4. The van der Waals surface area contributed by atoms with E-state index >= 15 is 0 Å². The lowest BCUT2D eigenvalue weighted by Crippen LogP contribution is -3.12. The van der Waals surface area contributed by atoms with Crippen LogP contribution in [0.15, 0.2) is 24.3 Å². The van der Waals surface area contributed by atoms with Gasteiger partial charge < -0.3 is 9.64 Å². The molecule has 0 radical (unpaired) electrons. The number of halogens is 1. The fraction of sp³-hybridized carbons (Fsp3) is 0.385. The molecule has 2 amide bonds. The number of methoxy groups -OCH3 is 1. The number of nitrogens with one attached hydrogen (secondary N) is 2. The number of hydrogen-bond donors (Lipinski definition) is 2. The van der Waals surface area contributed by atoms with Gasteiger partial charge in [-0.1, -0.05) is 12.1 Å². The van der Waals surface area contributed by atoms with Gasteiger partial charge in [-0.05, 0) is 19.1 Å². The molecule has 19 heavy (non-hydrogen) atoms. The Balaban J connectivity index is 2.56. The van der Waals surface area contributed by atoms with Gasteiger partial charge in [-0.3, -0.25) is 10.1 Å². The smallest absolute Gasteiger partial charge is 0.413 e. The second kappa shape index (κ2) is 6.84. The number of likely N-dealkylation sites (N-methyl/N-ethyl adjacent to an activating group) is 1. The molecule has 0 heterocycles. The number of carbonyl (C=O) groups excluding carboxylic acids is 2. The maximum atomic E-state index is 12.8. The minimum Gasteiger partial charge on any atom is -0.453 e. The predicted molar refractivity (Wildman–Crippen MR) is 67.0 cm³/mol. The van der Waals surface area contributed by atoms with Crippen LogP contribution in [0.25, 0.3) is 0 Å². The molecule has 6 heteroatoms. The molecular weight excluding hydrogens is 251 g/mol. The molecule has 0 aliphatic carbocycles. The zero-order valence-corrected chi connectivity index (χ0v) is 11.2. The standard InChI is InChI=1S/C13H17FN2O3/c1-9(12(17)15-13(18)19-3)16(2)8-10-4-6-11(14)7-5-10/h4-7,9H,8H2,1-3H3,(H,15,17,18)/p+1/t9-/m0/s1. The number of imide groups is 1. The van der Waals surface area contributed by atoms with E-state index in [1.54, 1.807) is 19.1 Å². The Bertz CT molecular complexity index is 448. The highest BCUT2D eigenvalue weighted by atomic mass is 19.1. The third-order valence-corrected chi connectivity index (χ3v) is 2.94. The van der Waals surface area contributed by atoms with Crippen molar-refractivity contribution in [1.29, 1.82) is 0 Å². The summed E-state index contributed by atoms with van der Waals surface area (Å²) in [6.45, 7) is 2.26. The van der Waals surface area contributed by atoms with E-state index in [1.165, 1.54) is 19.2 Å². The van der Waals surface area contributed by atoms with Crippen molar-refractivity contribution in [3.8, 4) is 0 Å². The van der Waals surface area contributed by atoms with Crippen LogP contribution in [0.3, 0.4) is 0 Å². The van der Waals surface area contributed by atoms with Gasteiger partial charge in [0.25, 0.3) is 5.91 Å². The Morgan fingerprint density at radius 3 is 2.47 bits per heavy atom. The second-order valence-corrected chi connectivity index (χ2v) is 4.35. The highest BCUT2D eigenvalue weighted by Gasteiger charge is 2.23. The van der Waals surface area contributed by atoms with Crippen LogP contribution < -0.4 is 10.2 Å². The molecule has 1 aromatic rings. The molecule has 2 atom stereocenters. The van der Waals surface area contributed by atoms with Crippen molar-refractivity contribution in [2.45, 2.75) is 19.5 Å². The summed E-state index contributed by atoms with van der Waals surface area (Å²) in [6, 6.07) is 5.67. The maximum Gasteiger partial charge on any atom is 0.413 e. The van der Waals surface area contributed by atoms with Crippen LogP contribution in [-0.2, 0) is 16.1 Å². The van der Waals surface area contributed by atoms with Crippen molar-refractivity contribution in [3.63, 3.8) is 0 Å². The van der Waals surface area contributed by atoms with Crippen molar-refractivity contribution in [2.24, 2.45) is 0 Å². The summed E-state index contributed by atoms with van der Waals surface area (Å²) < 4.78 is 17.1. The zero-order chi connectivity index (χ0) is 14.4. The summed E-state index contributed by atoms with van der Waals surface area (Å²) >= 11 is 0. The van der Waals surface area contributed by atoms with Crippen LogP contribution in [0.1, 0.15) is 12.5 Å². The molecule has 1 aromatic carbocycles. The van der Waals surface area contributed by atoms with Gasteiger partial charge in [0.2, 0.25) is 0 Å². The lowest BCUT2D eigenvalue weighted by atomic mass is 10.2. The van der Waals surface area contributed by atoms with Crippen molar-refractivity contribution < 1.29 is 23.6 Å². The zero-order valence-electron chi connectivity index (χ0n) is 11.2. The lowest BCUT2D eigenvalue weighted by Gasteiger charge is -2.20. The lowest BCUT2D eigenvalue weighted by molar-refractivity contribution is -0.908. The van der Waals surface area contributed by atoms with Gasteiger partial charge in [-0.2, -0.15) is 0 Å². The van der Waals surface area contributed by atoms with Gasteiger partial charge in [-0.15, -0.1) is 0 Å². The van der Waals surface area contributed by atoms with E-state index in [9.17, 15) is 14.0 Å². The number of benzene rings is 1. The van der Waals surface area contributed by atoms with E-state index in [0.717, 1.165) is 10.5 Å². The summed E-state index contributed by atoms with van der Waals surface area (Å²) in [5.74, 6) is -0.704. The second-order valence-electron chi connectivity index (χ2n) is 4.35.